The third-order valence-corrected chi connectivity index (χ3v) is 7.18. The minimum Gasteiger partial charge on any atom is -0.393 e. The number of fused-ring (bicyclic) bond motifs is 1. The van der Waals surface area contributed by atoms with Crippen LogP contribution in [0.4, 0.5) is 5.82 Å². The summed E-state index contributed by atoms with van der Waals surface area (Å²) in [6.07, 6.45) is 8.80. The molecule has 1 aromatic carbocycles. The van der Waals surface area contributed by atoms with Crippen LogP contribution in [0.2, 0.25) is 0 Å². The Morgan fingerprint density at radius 3 is 2.67 bits per heavy atom. The lowest BCUT2D eigenvalue weighted by Gasteiger charge is -2.32. The van der Waals surface area contributed by atoms with Crippen molar-refractivity contribution in [2.45, 2.75) is 51.2 Å². The molecule has 0 saturated heterocycles. The number of aliphatic hydroxyl groups is 1. The molecular weight excluding hydrogens is 414 g/mol. The minimum atomic E-state index is -0.432. The zero-order chi connectivity index (χ0) is 22.8. The summed E-state index contributed by atoms with van der Waals surface area (Å²) in [7, 11) is 0. The van der Waals surface area contributed by atoms with E-state index >= 15 is 0 Å². The van der Waals surface area contributed by atoms with Gasteiger partial charge in [-0.1, -0.05) is 30.3 Å². The summed E-state index contributed by atoms with van der Waals surface area (Å²) in [6, 6.07) is 14.0. The van der Waals surface area contributed by atoms with Crippen LogP contribution < -0.4 is 5.32 Å². The molecule has 1 fully saturated rings. The highest BCUT2D eigenvalue weighted by Gasteiger charge is 2.35. The predicted molar refractivity (Wildman–Crippen MR) is 127 cm³/mol. The number of amides is 1. The molecule has 2 atom stereocenters. The van der Waals surface area contributed by atoms with Crippen molar-refractivity contribution < 1.29 is 9.90 Å². The van der Waals surface area contributed by atoms with Gasteiger partial charge in [0.15, 0.2) is 5.82 Å². The first-order valence-electron chi connectivity index (χ1n) is 11.7. The monoisotopic (exact) mass is 443 g/mol. The molecule has 2 aromatic heterocycles. The number of hydrogen-bond acceptors (Lipinski definition) is 5. The molecule has 2 aliphatic rings. The van der Waals surface area contributed by atoms with Crippen molar-refractivity contribution in [2.75, 3.05) is 5.32 Å². The number of imidazole rings is 1. The molecule has 5 rings (SSSR count). The average Bonchev–Trinajstić information content (AvgIpc) is 3.43. The molecule has 7 heteroatoms. The van der Waals surface area contributed by atoms with Gasteiger partial charge in [-0.2, -0.15) is 5.10 Å². The van der Waals surface area contributed by atoms with Crippen LogP contribution in [-0.4, -0.2) is 36.9 Å². The van der Waals surface area contributed by atoms with E-state index in [1.54, 1.807) is 18.3 Å². The fraction of sp³-hybridized carbons (Fsp3) is 0.385. The maximum absolute atomic E-state index is 12.6. The van der Waals surface area contributed by atoms with Crippen molar-refractivity contribution in [3.05, 3.63) is 72.4 Å². The Hall–Kier alpha value is -3.32. The Bertz CT molecular complexity index is 1130. The summed E-state index contributed by atoms with van der Waals surface area (Å²) in [5.41, 5.74) is 4.81. The van der Waals surface area contributed by atoms with Gasteiger partial charge in [0.2, 0.25) is 5.91 Å². The van der Waals surface area contributed by atoms with Crippen LogP contribution in [0.5, 0.6) is 0 Å². The fourth-order valence-corrected chi connectivity index (χ4v) is 5.41. The zero-order valence-electron chi connectivity index (χ0n) is 18.8. The highest BCUT2D eigenvalue weighted by Crippen LogP contribution is 2.45. The normalized spacial score (nSPS) is 23.3. The molecule has 2 unspecified atom stereocenters. The molecular formula is C26H29N5O2. The van der Waals surface area contributed by atoms with Crippen molar-refractivity contribution in [3.8, 4) is 0 Å². The molecule has 33 heavy (non-hydrogen) atoms. The number of nitrogens with zero attached hydrogens (tertiary/aromatic N) is 4. The second kappa shape index (κ2) is 9.27. The third kappa shape index (κ3) is 4.33. The Kier molecular flexibility index (Phi) is 6.05. The van der Waals surface area contributed by atoms with Gasteiger partial charge in [-0.15, -0.1) is 5.10 Å². The molecule has 7 nitrogen and oxygen atoms in total. The Morgan fingerprint density at radius 2 is 1.94 bits per heavy atom. The van der Waals surface area contributed by atoms with Crippen LogP contribution in [0, 0.1) is 11.8 Å². The predicted octanol–water partition coefficient (Wildman–Crippen LogP) is 4.35. The van der Waals surface area contributed by atoms with Crippen molar-refractivity contribution >= 4 is 22.9 Å². The number of anilines is 1. The van der Waals surface area contributed by atoms with Gasteiger partial charge in [0.05, 0.1) is 30.4 Å². The molecule has 0 bridgehead atoms. The quantitative estimate of drug-likeness (QED) is 0.591. The van der Waals surface area contributed by atoms with E-state index in [4.69, 9.17) is 0 Å². The largest absolute Gasteiger partial charge is 0.393 e. The Morgan fingerprint density at radius 1 is 1.15 bits per heavy atom. The summed E-state index contributed by atoms with van der Waals surface area (Å²) < 4.78 is 2.20. The lowest BCUT2D eigenvalue weighted by Crippen LogP contribution is -2.32. The lowest BCUT2D eigenvalue weighted by molar-refractivity contribution is -0.121. The topological polar surface area (TPSA) is 92.9 Å². The number of allylic oxidation sites excluding steroid dienone is 2. The van der Waals surface area contributed by atoms with Crippen LogP contribution in [0.25, 0.3) is 11.1 Å². The van der Waals surface area contributed by atoms with Gasteiger partial charge >= 0.3 is 0 Å². The number of nitrogens with one attached hydrogen (secondary N) is 1. The summed E-state index contributed by atoms with van der Waals surface area (Å²) in [5.74, 6) is 0.615. The van der Waals surface area contributed by atoms with Gasteiger partial charge < -0.3 is 15.0 Å². The van der Waals surface area contributed by atoms with Crippen LogP contribution in [-0.2, 0) is 4.79 Å². The maximum Gasteiger partial charge on any atom is 0.228 e. The van der Waals surface area contributed by atoms with Crippen LogP contribution in [0.1, 0.15) is 56.3 Å². The molecule has 1 aliphatic carbocycles. The number of carbonyl (C=O) groups is 1. The lowest BCUT2D eigenvalue weighted by atomic mass is 9.77. The van der Waals surface area contributed by atoms with Crippen molar-refractivity contribution in [3.63, 3.8) is 0 Å². The minimum absolute atomic E-state index is 0.00721. The number of aromatic nitrogens is 4. The summed E-state index contributed by atoms with van der Waals surface area (Å²) in [5, 5.41) is 21.8. The van der Waals surface area contributed by atoms with Crippen LogP contribution >= 0.6 is 0 Å². The van der Waals surface area contributed by atoms with Gasteiger partial charge in [0, 0.05) is 12.1 Å². The van der Waals surface area contributed by atoms with E-state index in [-0.39, 0.29) is 23.8 Å². The number of hydrogen-bond donors (Lipinski definition) is 2. The molecule has 1 amide bonds. The first-order valence-corrected chi connectivity index (χ1v) is 11.7. The smallest absolute Gasteiger partial charge is 0.228 e. The van der Waals surface area contributed by atoms with Crippen molar-refractivity contribution in [1.82, 2.24) is 19.7 Å². The van der Waals surface area contributed by atoms with Gasteiger partial charge in [0.25, 0.3) is 0 Å². The summed E-state index contributed by atoms with van der Waals surface area (Å²) in [6.45, 7) is 2.14. The van der Waals surface area contributed by atoms with Gasteiger partial charge in [-0.3, -0.25) is 4.79 Å². The number of aliphatic hydroxyl groups excluding tert-OH is 1. The number of benzene rings is 1. The molecule has 1 saturated carbocycles. The number of carbonyl (C=O) groups excluding carboxylic acids is 1. The van der Waals surface area contributed by atoms with E-state index in [9.17, 15) is 9.90 Å². The molecule has 0 spiro atoms. The second-order valence-corrected chi connectivity index (χ2v) is 9.12. The van der Waals surface area contributed by atoms with Crippen LogP contribution in [0.3, 0.4) is 0 Å². The van der Waals surface area contributed by atoms with Gasteiger partial charge in [0.1, 0.15) is 0 Å². The first kappa shape index (κ1) is 21.5. The molecule has 170 valence electrons. The molecule has 0 radical (unpaired) electrons. The van der Waals surface area contributed by atoms with E-state index in [2.05, 4.69) is 56.3 Å². The first-order chi connectivity index (χ1) is 16.1. The fourth-order valence-electron chi connectivity index (χ4n) is 5.41. The van der Waals surface area contributed by atoms with Gasteiger partial charge in [-0.25, -0.2) is 4.98 Å². The Labute approximate surface area is 193 Å². The van der Waals surface area contributed by atoms with Crippen molar-refractivity contribution in [1.29, 1.82) is 0 Å². The van der Waals surface area contributed by atoms with E-state index in [0.717, 1.165) is 31.4 Å². The Balaban J connectivity index is 1.24. The van der Waals surface area contributed by atoms with E-state index in [0.29, 0.717) is 12.2 Å². The SMILES string of the molecule is CC1=C(c2ccccc2)C(CC(O)C2CCC(C(=O)Nc3cccnn3)CC2)n2cncc21. The second-order valence-electron chi connectivity index (χ2n) is 9.12. The van der Waals surface area contributed by atoms with Gasteiger partial charge in [-0.05, 0) is 73.8 Å². The molecule has 1 aliphatic heterocycles. The van der Waals surface area contributed by atoms with E-state index in [1.807, 2.05) is 18.6 Å². The summed E-state index contributed by atoms with van der Waals surface area (Å²) in [4.78, 5) is 17.0. The summed E-state index contributed by atoms with van der Waals surface area (Å²) >= 11 is 0. The highest BCUT2D eigenvalue weighted by molar-refractivity contribution is 5.94. The van der Waals surface area contributed by atoms with Crippen molar-refractivity contribution in [2.24, 2.45) is 11.8 Å². The average molecular weight is 444 g/mol. The molecule has 3 heterocycles. The van der Waals surface area contributed by atoms with Crippen LogP contribution in [0.15, 0.2) is 61.2 Å². The molecule has 3 aromatic rings. The standard InChI is InChI=1S/C26H29N5O2/c1-17-22-15-27-16-31(22)21(25(17)19-6-3-2-4-7-19)14-23(32)18-9-11-20(12-10-18)26(33)29-24-8-5-13-28-30-24/h2-8,13,15-16,18,20-21,23,32H,9-12,14H2,1H3,(H,29,30,33). The van der Waals surface area contributed by atoms with E-state index in [1.165, 1.54) is 16.7 Å². The highest BCUT2D eigenvalue weighted by atomic mass is 16.3. The van der Waals surface area contributed by atoms with E-state index < -0.39 is 6.10 Å². The zero-order valence-corrected chi connectivity index (χ0v) is 18.8. The number of rotatable bonds is 6. The third-order valence-electron chi connectivity index (χ3n) is 7.18. The molecule has 2 N–H and O–H groups in total. The maximum atomic E-state index is 12.6.